The molecule has 0 unspecified atom stereocenters. The van der Waals surface area contributed by atoms with Crippen molar-refractivity contribution < 1.29 is 43.0 Å². The number of imide groups is 2. The quantitative estimate of drug-likeness (QED) is 0.118. The van der Waals surface area contributed by atoms with Crippen molar-refractivity contribution in [3.8, 4) is 5.75 Å². The van der Waals surface area contributed by atoms with E-state index in [0.717, 1.165) is 26.5 Å². The number of rotatable bonds is 16. The Hall–Kier alpha value is -5.06. The molecule has 0 radical (unpaired) electrons. The van der Waals surface area contributed by atoms with Gasteiger partial charge in [-0.05, 0) is 97.1 Å². The van der Waals surface area contributed by atoms with Crippen molar-refractivity contribution in [2.75, 3.05) is 19.8 Å². The fourth-order valence-corrected chi connectivity index (χ4v) is 6.28. The molecule has 0 spiro atoms. The van der Waals surface area contributed by atoms with Crippen LogP contribution in [0.2, 0.25) is 0 Å². The van der Waals surface area contributed by atoms with Crippen molar-refractivity contribution in [1.29, 1.82) is 0 Å². The highest BCUT2D eigenvalue weighted by Crippen LogP contribution is 2.40. The number of carbonyl (C=O) groups excluding carboxylic acids is 6. The van der Waals surface area contributed by atoms with Crippen LogP contribution in [0.3, 0.4) is 0 Å². The number of nitrogens with zero attached hydrogens (tertiary/aromatic N) is 2. The summed E-state index contributed by atoms with van der Waals surface area (Å²) in [6.45, 7) is 18.0. The van der Waals surface area contributed by atoms with Crippen LogP contribution < -0.4 is 4.74 Å². The van der Waals surface area contributed by atoms with Crippen molar-refractivity contribution in [3.05, 3.63) is 89.5 Å². The highest BCUT2D eigenvalue weighted by Gasteiger charge is 2.53. The van der Waals surface area contributed by atoms with Gasteiger partial charge in [-0.3, -0.25) is 38.6 Å². The Morgan fingerprint density at radius 2 is 0.906 bits per heavy atom. The zero-order valence-electron chi connectivity index (χ0n) is 32.5. The van der Waals surface area contributed by atoms with Gasteiger partial charge in [-0.1, -0.05) is 50.2 Å². The van der Waals surface area contributed by atoms with E-state index in [1.807, 2.05) is 24.3 Å². The summed E-state index contributed by atoms with van der Waals surface area (Å²) >= 11 is 0. The summed E-state index contributed by atoms with van der Waals surface area (Å²) in [6.07, 6.45) is 6.15. The molecule has 53 heavy (non-hydrogen) atoms. The maximum atomic E-state index is 13.1. The standard InChI is InChI=1S/C42H52N2O9/c1-38(2,29-15-13-28(14-16-29)12-11-25-52-36(49)39(3,4)41(7,8)43-32(45)21-22-33(43)46)30-17-19-31(20-18-30)51-26-27-53-37(50)40(5,6)42(9,10)44-34(47)23-24-35(44)48/h13-24H,11-12,25-27H2,1-10H3. The van der Waals surface area contributed by atoms with E-state index in [2.05, 4.69) is 38.1 Å². The number of ether oxygens (including phenoxy) is 3. The van der Waals surface area contributed by atoms with Gasteiger partial charge in [0, 0.05) is 29.7 Å². The lowest BCUT2D eigenvalue weighted by Crippen LogP contribution is -2.59. The Labute approximate surface area is 312 Å². The number of aryl methyl sites for hydroxylation is 1. The molecular weight excluding hydrogens is 676 g/mol. The predicted molar refractivity (Wildman–Crippen MR) is 198 cm³/mol. The van der Waals surface area contributed by atoms with Crippen LogP contribution in [0, 0.1) is 10.8 Å². The molecule has 2 aliphatic heterocycles. The minimum Gasteiger partial charge on any atom is -0.490 e. The summed E-state index contributed by atoms with van der Waals surface area (Å²) in [6, 6.07) is 16.1. The third kappa shape index (κ3) is 7.99. The molecule has 0 bridgehead atoms. The van der Waals surface area contributed by atoms with Gasteiger partial charge in [-0.2, -0.15) is 0 Å². The molecule has 2 aromatic rings. The van der Waals surface area contributed by atoms with Crippen LogP contribution in [0.1, 0.15) is 92.3 Å². The summed E-state index contributed by atoms with van der Waals surface area (Å²) in [5.41, 5.74) is -1.48. The zero-order chi connectivity index (χ0) is 39.6. The second-order valence-electron chi connectivity index (χ2n) is 16.1. The van der Waals surface area contributed by atoms with Crippen molar-refractivity contribution in [2.45, 2.75) is 98.6 Å². The fourth-order valence-electron chi connectivity index (χ4n) is 6.28. The second kappa shape index (κ2) is 15.1. The molecule has 4 amide bonds. The molecule has 0 saturated carbocycles. The Bertz CT molecular complexity index is 1650. The Morgan fingerprint density at radius 1 is 0.528 bits per heavy atom. The number of esters is 2. The van der Waals surface area contributed by atoms with Gasteiger partial charge in [-0.15, -0.1) is 0 Å². The molecule has 11 heteroatoms. The van der Waals surface area contributed by atoms with Gasteiger partial charge in [0.1, 0.15) is 19.0 Å². The summed E-state index contributed by atoms with van der Waals surface area (Å²) in [4.78, 5) is 77.4. The highest BCUT2D eigenvalue weighted by molar-refractivity contribution is 6.14. The third-order valence-corrected chi connectivity index (χ3v) is 11.5. The number of benzene rings is 2. The van der Waals surface area contributed by atoms with Crippen LogP contribution in [0.15, 0.2) is 72.8 Å². The van der Waals surface area contributed by atoms with E-state index in [0.29, 0.717) is 18.6 Å². The average Bonchev–Trinajstić information content (AvgIpc) is 3.63. The van der Waals surface area contributed by atoms with Gasteiger partial charge in [0.15, 0.2) is 0 Å². The first-order valence-electron chi connectivity index (χ1n) is 17.9. The SMILES string of the molecule is CC(C)(c1ccc(CCCOC(=O)C(C)(C)C(C)(C)N2C(=O)C=CC2=O)cc1)c1ccc(OCCOC(=O)C(C)(C)C(C)(C)N2C(=O)C=CC2=O)cc1. The van der Waals surface area contributed by atoms with Crippen LogP contribution in [-0.2, 0) is 50.1 Å². The van der Waals surface area contributed by atoms with E-state index in [1.54, 1.807) is 55.4 Å². The van der Waals surface area contributed by atoms with Gasteiger partial charge in [0.05, 0.1) is 28.5 Å². The topological polar surface area (TPSA) is 137 Å². The lowest BCUT2D eigenvalue weighted by molar-refractivity contribution is -0.168. The zero-order valence-corrected chi connectivity index (χ0v) is 32.5. The molecule has 2 aliphatic rings. The van der Waals surface area contributed by atoms with E-state index in [9.17, 15) is 28.8 Å². The monoisotopic (exact) mass is 728 g/mol. The first-order chi connectivity index (χ1) is 24.6. The Kier molecular flexibility index (Phi) is 11.6. The smallest absolute Gasteiger partial charge is 0.314 e. The maximum absolute atomic E-state index is 13.1. The van der Waals surface area contributed by atoms with Crippen LogP contribution in [0.25, 0.3) is 0 Å². The molecule has 2 aromatic carbocycles. The van der Waals surface area contributed by atoms with Gasteiger partial charge >= 0.3 is 11.9 Å². The van der Waals surface area contributed by atoms with Crippen LogP contribution in [0.4, 0.5) is 0 Å². The predicted octanol–water partition coefficient (Wildman–Crippen LogP) is 5.87. The van der Waals surface area contributed by atoms with E-state index >= 15 is 0 Å². The summed E-state index contributed by atoms with van der Waals surface area (Å²) < 4.78 is 17.0. The number of carbonyl (C=O) groups is 6. The van der Waals surface area contributed by atoms with Crippen molar-refractivity contribution in [1.82, 2.24) is 9.80 Å². The molecular formula is C42H52N2O9. The first-order valence-corrected chi connectivity index (χ1v) is 17.9. The molecule has 11 nitrogen and oxygen atoms in total. The molecule has 2 heterocycles. The Balaban J connectivity index is 1.23. The summed E-state index contributed by atoms with van der Waals surface area (Å²) in [7, 11) is 0. The third-order valence-electron chi connectivity index (χ3n) is 11.5. The molecule has 284 valence electrons. The average molecular weight is 729 g/mol. The van der Waals surface area contributed by atoms with Gasteiger partial charge < -0.3 is 14.2 Å². The van der Waals surface area contributed by atoms with E-state index in [1.165, 1.54) is 24.3 Å². The van der Waals surface area contributed by atoms with Crippen molar-refractivity contribution in [3.63, 3.8) is 0 Å². The largest absolute Gasteiger partial charge is 0.490 e. The Morgan fingerprint density at radius 3 is 1.32 bits per heavy atom. The van der Waals surface area contributed by atoms with E-state index < -0.39 is 57.5 Å². The van der Waals surface area contributed by atoms with Crippen molar-refractivity contribution >= 4 is 35.6 Å². The molecule has 0 saturated heterocycles. The van der Waals surface area contributed by atoms with Crippen LogP contribution >= 0.6 is 0 Å². The van der Waals surface area contributed by atoms with Gasteiger partial charge in [0.2, 0.25) is 0 Å². The summed E-state index contributed by atoms with van der Waals surface area (Å²) in [5.74, 6) is -2.19. The first kappa shape index (κ1) is 40.7. The van der Waals surface area contributed by atoms with Gasteiger partial charge in [-0.25, -0.2) is 0 Å². The van der Waals surface area contributed by atoms with Gasteiger partial charge in [0.25, 0.3) is 23.6 Å². The minimum atomic E-state index is -1.17. The molecule has 0 fully saturated rings. The molecule has 4 rings (SSSR count). The van der Waals surface area contributed by atoms with Crippen LogP contribution in [0.5, 0.6) is 5.75 Å². The van der Waals surface area contributed by atoms with Crippen LogP contribution in [-0.4, -0.2) is 76.3 Å². The minimum absolute atomic E-state index is 0.00232. The summed E-state index contributed by atoms with van der Waals surface area (Å²) in [5, 5.41) is 0. The number of amides is 4. The number of hydrogen-bond acceptors (Lipinski definition) is 9. The highest BCUT2D eigenvalue weighted by atomic mass is 16.6. The second-order valence-corrected chi connectivity index (χ2v) is 16.1. The molecule has 0 N–H and O–H groups in total. The lowest BCUT2D eigenvalue weighted by atomic mass is 9.73. The lowest BCUT2D eigenvalue weighted by Gasteiger charge is -2.44. The molecule has 0 aromatic heterocycles. The van der Waals surface area contributed by atoms with Crippen molar-refractivity contribution in [2.24, 2.45) is 10.8 Å². The fraction of sp³-hybridized carbons (Fsp3) is 0.476. The number of hydrogen-bond donors (Lipinski definition) is 0. The van der Waals surface area contributed by atoms with E-state index in [4.69, 9.17) is 14.2 Å². The molecule has 0 aliphatic carbocycles. The normalized spacial score (nSPS) is 15.4. The molecule has 0 atom stereocenters. The van der Waals surface area contributed by atoms with E-state index in [-0.39, 0.29) is 25.2 Å². The maximum Gasteiger partial charge on any atom is 0.314 e.